The Balaban J connectivity index is 2.00. The first-order valence-electron chi connectivity index (χ1n) is 7.07. The van der Waals surface area contributed by atoms with Crippen molar-refractivity contribution in [2.24, 2.45) is 0 Å². The Kier molecular flexibility index (Phi) is 3.88. The Bertz CT molecular complexity index is 634. The van der Waals surface area contributed by atoms with E-state index in [0.29, 0.717) is 30.0 Å². The average molecular weight is 282 g/mol. The van der Waals surface area contributed by atoms with Crippen molar-refractivity contribution < 1.29 is 9.53 Å². The van der Waals surface area contributed by atoms with Gasteiger partial charge in [0.15, 0.2) is 5.78 Å². The fourth-order valence-electron chi connectivity index (χ4n) is 2.56. The van der Waals surface area contributed by atoms with Gasteiger partial charge in [-0.3, -0.25) is 4.79 Å². The van der Waals surface area contributed by atoms with Crippen molar-refractivity contribution >= 4 is 17.2 Å². The van der Waals surface area contributed by atoms with Crippen LogP contribution in [-0.4, -0.2) is 32.1 Å². The monoisotopic (exact) mass is 282 g/mol. The van der Waals surface area contributed by atoms with Crippen molar-refractivity contribution in [3.05, 3.63) is 59.7 Å². The normalized spacial score (nSPS) is 15.0. The molecule has 1 saturated heterocycles. The van der Waals surface area contributed by atoms with E-state index in [1.165, 1.54) is 0 Å². The predicted octanol–water partition coefficient (Wildman–Crippen LogP) is 2.34. The SMILES string of the molecule is Nc1ccc(N2CCOCC2)c(C(=O)c2ccccc2)c1. The van der Waals surface area contributed by atoms with Crippen LogP contribution >= 0.6 is 0 Å². The third-order valence-electron chi connectivity index (χ3n) is 3.65. The molecule has 0 saturated carbocycles. The van der Waals surface area contributed by atoms with Crippen molar-refractivity contribution in [2.75, 3.05) is 36.9 Å². The summed E-state index contributed by atoms with van der Waals surface area (Å²) in [5.74, 6) is 0.00407. The molecule has 0 radical (unpaired) electrons. The van der Waals surface area contributed by atoms with Gasteiger partial charge in [0.25, 0.3) is 0 Å². The van der Waals surface area contributed by atoms with Gasteiger partial charge >= 0.3 is 0 Å². The summed E-state index contributed by atoms with van der Waals surface area (Å²) in [7, 11) is 0. The highest BCUT2D eigenvalue weighted by atomic mass is 16.5. The van der Waals surface area contributed by atoms with E-state index >= 15 is 0 Å². The van der Waals surface area contributed by atoms with Gasteiger partial charge in [-0.05, 0) is 18.2 Å². The Morgan fingerprint density at radius 1 is 1.05 bits per heavy atom. The molecule has 4 heteroatoms. The number of hydrogen-bond acceptors (Lipinski definition) is 4. The lowest BCUT2D eigenvalue weighted by Gasteiger charge is -2.30. The van der Waals surface area contributed by atoms with Crippen LogP contribution in [0, 0.1) is 0 Å². The number of nitrogen functional groups attached to an aromatic ring is 1. The lowest BCUT2D eigenvalue weighted by atomic mass is 10.00. The molecule has 0 atom stereocenters. The molecule has 1 heterocycles. The molecule has 1 aliphatic rings. The minimum Gasteiger partial charge on any atom is -0.399 e. The number of carbonyl (C=O) groups is 1. The molecular formula is C17H18N2O2. The Hall–Kier alpha value is -2.33. The maximum atomic E-state index is 12.7. The second kappa shape index (κ2) is 5.97. The summed E-state index contributed by atoms with van der Waals surface area (Å²) in [6.07, 6.45) is 0. The number of benzene rings is 2. The van der Waals surface area contributed by atoms with Crippen molar-refractivity contribution in [3.8, 4) is 0 Å². The zero-order chi connectivity index (χ0) is 14.7. The molecule has 0 aromatic heterocycles. The molecule has 2 aromatic rings. The number of ether oxygens (including phenoxy) is 1. The van der Waals surface area contributed by atoms with Crippen LogP contribution in [0.15, 0.2) is 48.5 Å². The minimum absolute atomic E-state index is 0.00407. The number of carbonyl (C=O) groups excluding carboxylic acids is 1. The average Bonchev–Trinajstić information content (AvgIpc) is 2.56. The maximum absolute atomic E-state index is 12.7. The molecule has 0 bridgehead atoms. The Labute approximate surface area is 124 Å². The number of anilines is 2. The smallest absolute Gasteiger partial charge is 0.195 e. The van der Waals surface area contributed by atoms with E-state index in [4.69, 9.17) is 10.5 Å². The maximum Gasteiger partial charge on any atom is 0.195 e. The van der Waals surface area contributed by atoms with E-state index in [0.717, 1.165) is 18.8 Å². The molecule has 0 aliphatic carbocycles. The lowest BCUT2D eigenvalue weighted by molar-refractivity contribution is 0.103. The van der Waals surface area contributed by atoms with Crippen molar-refractivity contribution in [1.29, 1.82) is 0 Å². The highest BCUT2D eigenvalue weighted by Crippen LogP contribution is 2.26. The van der Waals surface area contributed by atoms with Crippen LogP contribution < -0.4 is 10.6 Å². The van der Waals surface area contributed by atoms with Crippen molar-refractivity contribution in [1.82, 2.24) is 0 Å². The Morgan fingerprint density at radius 3 is 2.48 bits per heavy atom. The van der Waals surface area contributed by atoms with Gasteiger partial charge in [-0.2, -0.15) is 0 Å². The largest absolute Gasteiger partial charge is 0.399 e. The van der Waals surface area contributed by atoms with Gasteiger partial charge in [-0.25, -0.2) is 0 Å². The first kappa shape index (κ1) is 13.6. The van der Waals surface area contributed by atoms with E-state index in [-0.39, 0.29) is 5.78 Å². The summed E-state index contributed by atoms with van der Waals surface area (Å²) in [5, 5.41) is 0. The third-order valence-corrected chi connectivity index (χ3v) is 3.65. The lowest BCUT2D eigenvalue weighted by Crippen LogP contribution is -2.37. The standard InChI is InChI=1S/C17H18N2O2/c18-14-6-7-16(19-8-10-21-11-9-19)15(12-14)17(20)13-4-2-1-3-5-13/h1-7,12H,8-11,18H2. The molecule has 0 spiro atoms. The first-order valence-corrected chi connectivity index (χ1v) is 7.07. The van der Waals surface area contributed by atoms with Gasteiger partial charge in [0.1, 0.15) is 0 Å². The van der Waals surface area contributed by atoms with Crippen LogP contribution in [0.3, 0.4) is 0 Å². The number of hydrogen-bond donors (Lipinski definition) is 1. The van der Waals surface area contributed by atoms with E-state index in [1.54, 1.807) is 6.07 Å². The summed E-state index contributed by atoms with van der Waals surface area (Å²) in [4.78, 5) is 14.9. The second-order valence-corrected chi connectivity index (χ2v) is 5.07. The van der Waals surface area contributed by atoms with Crippen LogP contribution in [0.2, 0.25) is 0 Å². The molecule has 2 N–H and O–H groups in total. The summed E-state index contributed by atoms with van der Waals surface area (Å²) in [6.45, 7) is 2.95. The third kappa shape index (κ3) is 2.90. The van der Waals surface area contributed by atoms with Crippen LogP contribution in [0.5, 0.6) is 0 Å². The van der Waals surface area contributed by atoms with Gasteiger partial charge < -0.3 is 15.4 Å². The van der Waals surface area contributed by atoms with Crippen LogP contribution in [-0.2, 0) is 4.74 Å². The minimum atomic E-state index is 0.00407. The molecule has 4 nitrogen and oxygen atoms in total. The highest BCUT2D eigenvalue weighted by molar-refractivity contribution is 6.12. The number of rotatable bonds is 3. The second-order valence-electron chi connectivity index (χ2n) is 5.07. The number of nitrogens with two attached hydrogens (primary N) is 1. The zero-order valence-electron chi connectivity index (χ0n) is 11.8. The van der Waals surface area contributed by atoms with Crippen molar-refractivity contribution in [3.63, 3.8) is 0 Å². The molecule has 0 unspecified atom stereocenters. The molecule has 3 rings (SSSR count). The van der Waals surface area contributed by atoms with E-state index in [1.807, 2.05) is 42.5 Å². The highest BCUT2D eigenvalue weighted by Gasteiger charge is 2.19. The van der Waals surface area contributed by atoms with Crippen LogP contribution in [0.4, 0.5) is 11.4 Å². The van der Waals surface area contributed by atoms with Gasteiger partial charge in [0.2, 0.25) is 0 Å². The van der Waals surface area contributed by atoms with Gasteiger partial charge in [-0.1, -0.05) is 30.3 Å². The molecule has 1 aliphatic heterocycles. The summed E-state index contributed by atoms with van der Waals surface area (Å²) in [5.41, 5.74) is 8.75. The zero-order valence-corrected chi connectivity index (χ0v) is 11.8. The molecule has 1 fully saturated rings. The van der Waals surface area contributed by atoms with E-state index < -0.39 is 0 Å². The van der Waals surface area contributed by atoms with Crippen LogP contribution in [0.1, 0.15) is 15.9 Å². The van der Waals surface area contributed by atoms with Gasteiger partial charge in [0, 0.05) is 35.6 Å². The molecule has 21 heavy (non-hydrogen) atoms. The summed E-state index contributed by atoms with van der Waals surface area (Å²) in [6, 6.07) is 14.8. The quantitative estimate of drug-likeness (QED) is 0.693. The Morgan fingerprint density at radius 2 is 1.76 bits per heavy atom. The number of ketones is 1. The van der Waals surface area contributed by atoms with Gasteiger partial charge in [-0.15, -0.1) is 0 Å². The van der Waals surface area contributed by atoms with Gasteiger partial charge in [0.05, 0.1) is 13.2 Å². The summed E-state index contributed by atoms with van der Waals surface area (Å²) >= 11 is 0. The van der Waals surface area contributed by atoms with E-state index in [2.05, 4.69) is 4.90 Å². The molecule has 108 valence electrons. The number of nitrogens with zero attached hydrogens (tertiary/aromatic N) is 1. The fourth-order valence-corrected chi connectivity index (χ4v) is 2.56. The first-order chi connectivity index (χ1) is 10.3. The topological polar surface area (TPSA) is 55.6 Å². The molecule has 2 aromatic carbocycles. The molecular weight excluding hydrogens is 264 g/mol. The van der Waals surface area contributed by atoms with Crippen molar-refractivity contribution in [2.45, 2.75) is 0 Å². The summed E-state index contributed by atoms with van der Waals surface area (Å²) < 4.78 is 5.38. The number of morpholine rings is 1. The molecule has 0 amide bonds. The fraction of sp³-hybridized carbons (Fsp3) is 0.235. The predicted molar refractivity (Wildman–Crippen MR) is 83.8 cm³/mol. The van der Waals surface area contributed by atoms with Crippen LogP contribution in [0.25, 0.3) is 0 Å². The van der Waals surface area contributed by atoms with E-state index in [9.17, 15) is 4.79 Å².